The monoisotopic (exact) mass is 250 g/mol. The van der Waals surface area contributed by atoms with Crippen LogP contribution in [0.3, 0.4) is 0 Å². The second-order valence-electron chi connectivity index (χ2n) is 6.44. The maximum absolute atomic E-state index is 12.4. The summed E-state index contributed by atoms with van der Waals surface area (Å²) in [5, 5.41) is 3.30. The Kier molecular flexibility index (Phi) is 3.88. The van der Waals surface area contributed by atoms with Crippen LogP contribution < -0.4 is 5.32 Å². The average molecular weight is 250 g/mol. The van der Waals surface area contributed by atoms with Gasteiger partial charge in [-0.15, -0.1) is 0 Å². The van der Waals surface area contributed by atoms with Crippen molar-refractivity contribution in [1.29, 1.82) is 0 Å². The van der Waals surface area contributed by atoms with Gasteiger partial charge in [-0.05, 0) is 51.0 Å². The number of hydrogen-bond acceptors (Lipinski definition) is 2. The highest BCUT2D eigenvalue weighted by atomic mass is 16.2. The molecule has 0 aromatic heterocycles. The number of rotatable bonds is 4. The van der Waals surface area contributed by atoms with E-state index in [9.17, 15) is 4.79 Å². The van der Waals surface area contributed by atoms with Crippen molar-refractivity contribution in [2.75, 3.05) is 13.1 Å². The third-order valence-corrected chi connectivity index (χ3v) is 4.81. The molecule has 3 rings (SSSR count). The zero-order valence-electron chi connectivity index (χ0n) is 11.4. The van der Waals surface area contributed by atoms with E-state index in [0.717, 1.165) is 18.9 Å². The lowest BCUT2D eigenvalue weighted by molar-refractivity contribution is -0.126. The molecule has 102 valence electrons. The molecule has 0 bridgehead atoms. The SMILES string of the molecule is O=C(NC1CCCCC1)[C@H]1CCCN1CC1CC1. The Morgan fingerprint density at radius 1 is 1.00 bits per heavy atom. The predicted molar refractivity (Wildman–Crippen MR) is 72.3 cm³/mol. The lowest BCUT2D eigenvalue weighted by atomic mass is 9.95. The molecule has 3 nitrogen and oxygen atoms in total. The highest BCUT2D eigenvalue weighted by molar-refractivity contribution is 5.82. The van der Waals surface area contributed by atoms with Crippen molar-refractivity contribution in [1.82, 2.24) is 10.2 Å². The standard InChI is InChI=1S/C15H26N2O/c18-15(16-13-5-2-1-3-6-13)14-7-4-10-17(14)11-12-8-9-12/h12-14H,1-11H2,(H,16,18)/t14-/m1/s1. The average Bonchev–Trinajstić information content (AvgIpc) is 3.06. The molecule has 2 aliphatic carbocycles. The van der Waals surface area contributed by atoms with Gasteiger partial charge in [-0.1, -0.05) is 19.3 Å². The Balaban J connectivity index is 1.50. The highest BCUT2D eigenvalue weighted by Gasteiger charge is 2.35. The topological polar surface area (TPSA) is 32.3 Å². The van der Waals surface area contributed by atoms with Crippen LogP contribution >= 0.6 is 0 Å². The molecule has 1 aliphatic heterocycles. The second-order valence-corrected chi connectivity index (χ2v) is 6.44. The Hall–Kier alpha value is -0.570. The van der Waals surface area contributed by atoms with E-state index >= 15 is 0 Å². The van der Waals surface area contributed by atoms with E-state index in [1.165, 1.54) is 57.9 Å². The fraction of sp³-hybridized carbons (Fsp3) is 0.933. The third-order valence-electron chi connectivity index (χ3n) is 4.81. The first-order valence-electron chi connectivity index (χ1n) is 7.87. The first-order chi connectivity index (χ1) is 8.83. The molecule has 0 aromatic rings. The van der Waals surface area contributed by atoms with Gasteiger partial charge in [-0.2, -0.15) is 0 Å². The van der Waals surface area contributed by atoms with E-state index in [4.69, 9.17) is 0 Å². The summed E-state index contributed by atoms with van der Waals surface area (Å²) in [6, 6.07) is 0.655. The van der Waals surface area contributed by atoms with Gasteiger partial charge < -0.3 is 5.32 Å². The van der Waals surface area contributed by atoms with Crippen molar-refractivity contribution in [3.63, 3.8) is 0 Å². The lowest BCUT2D eigenvalue weighted by Gasteiger charge is -2.28. The Morgan fingerprint density at radius 3 is 2.50 bits per heavy atom. The van der Waals surface area contributed by atoms with E-state index < -0.39 is 0 Å². The summed E-state index contributed by atoms with van der Waals surface area (Å²) in [5.41, 5.74) is 0. The van der Waals surface area contributed by atoms with Crippen LogP contribution in [0.15, 0.2) is 0 Å². The molecule has 1 saturated heterocycles. The van der Waals surface area contributed by atoms with Crippen LogP contribution in [-0.2, 0) is 4.79 Å². The maximum atomic E-state index is 12.4. The van der Waals surface area contributed by atoms with Gasteiger partial charge in [0, 0.05) is 12.6 Å². The van der Waals surface area contributed by atoms with Gasteiger partial charge in [0.05, 0.1) is 6.04 Å². The molecule has 1 amide bonds. The maximum Gasteiger partial charge on any atom is 0.237 e. The minimum absolute atomic E-state index is 0.188. The second kappa shape index (κ2) is 5.60. The summed E-state index contributed by atoms with van der Waals surface area (Å²) in [4.78, 5) is 14.8. The first kappa shape index (κ1) is 12.5. The van der Waals surface area contributed by atoms with Crippen LogP contribution in [0.4, 0.5) is 0 Å². The van der Waals surface area contributed by atoms with Crippen molar-refractivity contribution in [3.8, 4) is 0 Å². The lowest BCUT2D eigenvalue weighted by Crippen LogP contribution is -2.47. The van der Waals surface area contributed by atoms with Gasteiger partial charge in [-0.25, -0.2) is 0 Å². The fourth-order valence-corrected chi connectivity index (χ4v) is 3.52. The van der Waals surface area contributed by atoms with E-state index in [1.807, 2.05) is 0 Å². The van der Waals surface area contributed by atoms with Crippen molar-refractivity contribution in [2.24, 2.45) is 5.92 Å². The minimum Gasteiger partial charge on any atom is -0.352 e. The zero-order chi connectivity index (χ0) is 12.4. The summed E-state index contributed by atoms with van der Waals surface area (Å²) in [7, 11) is 0. The van der Waals surface area contributed by atoms with Gasteiger partial charge in [-0.3, -0.25) is 9.69 Å². The van der Waals surface area contributed by atoms with Crippen LogP contribution in [0.5, 0.6) is 0 Å². The van der Waals surface area contributed by atoms with Crippen molar-refractivity contribution in [2.45, 2.75) is 69.9 Å². The molecule has 2 saturated carbocycles. The van der Waals surface area contributed by atoms with Crippen LogP contribution in [-0.4, -0.2) is 36.0 Å². The van der Waals surface area contributed by atoms with E-state index in [0.29, 0.717) is 11.9 Å². The van der Waals surface area contributed by atoms with Crippen molar-refractivity contribution < 1.29 is 4.79 Å². The fourth-order valence-electron chi connectivity index (χ4n) is 3.52. The molecular weight excluding hydrogens is 224 g/mol. The van der Waals surface area contributed by atoms with Crippen LogP contribution in [0.25, 0.3) is 0 Å². The number of carbonyl (C=O) groups is 1. The number of likely N-dealkylation sites (tertiary alicyclic amines) is 1. The minimum atomic E-state index is 0.188. The molecule has 18 heavy (non-hydrogen) atoms. The summed E-state index contributed by atoms with van der Waals surface area (Å²) in [5.74, 6) is 1.22. The van der Waals surface area contributed by atoms with Crippen LogP contribution in [0.1, 0.15) is 57.8 Å². The summed E-state index contributed by atoms with van der Waals surface area (Å²) < 4.78 is 0. The smallest absolute Gasteiger partial charge is 0.237 e. The quantitative estimate of drug-likeness (QED) is 0.830. The van der Waals surface area contributed by atoms with Gasteiger partial charge in [0.1, 0.15) is 0 Å². The van der Waals surface area contributed by atoms with Gasteiger partial charge in [0.2, 0.25) is 5.91 Å². The van der Waals surface area contributed by atoms with E-state index in [2.05, 4.69) is 10.2 Å². The summed E-state index contributed by atoms with van der Waals surface area (Å²) in [6.45, 7) is 2.31. The molecule has 0 radical (unpaired) electrons. The molecule has 1 heterocycles. The zero-order valence-corrected chi connectivity index (χ0v) is 11.4. The van der Waals surface area contributed by atoms with Crippen LogP contribution in [0, 0.1) is 5.92 Å². The molecule has 3 aliphatic rings. The Morgan fingerprint density at radius 2 is 1.78 bits per heavy atom. The number of nitrogens with zero attached hydrogens (tertiary/aromatic N) is 1. The van der Waals surface area contributed by atoms with Gasteiger partial charge in [0.25, 0.3) is 0 Å². The molecule has 3 fully saturated rings. The van der Waals surface area contributed by atoms with Gasteiger partial charge >= 0.3 is 0 Å². The molecule has 1 atom stereocenters. The predicted octanol–water partition coefficient (Wildman–Crippen LogP) is 2.31. The molecular formula is C15H26N2O. The number of nitrogens with one attached hydrogen (secondary N) is 1. The largest absolute Gasteiger partial charge is 0.352 e. The van der Waals surface area contributed by atoms with Crippen LogP contribution in [0.2, 0.25) is 0 Å². The summed E-state index contributed by atoms with van der Waals surface area (Å²) >= 11 is 0. The highest BCUT2D eigenvalue weighted by Crippen LogP contribution is 2.32. The molecule has 3 heteroatoms. The number of hydrogen-bond donors (Lipinski definition) is 1. The van der Waals surface area contributed by atoms with Crippen molar-refractivity contribution in [3.05, 3.63) is 0 Å². The molecule has 0 spiro atoms. The Labute approximate surface area is 110 Å². The number of amides is 1. The molecule has 0 aromatic carbocycles. The van der Waals surface area contributed by atoms with Gasteiger partial charge in [0.15, 0.2) is 0 Å². The van der Waals surface area contributed by atoms with Crippen molar-refractivity contribution >= 4 is 5.91 Å². The molecule has 1 N–H and O–H groups in total. The Bertz CT molecular complexity index is 295. The van der Waals surface area contributed by atoms with E-state index in [-0.39, 0.29) is 6.04 Å². The summed E-state index contributed by atoms with van der Waals surface area (Å²) in [6.07, 6.45) is 11.4. The molecule has 0 unspecified atom stereocenters. The normalized spacial score (nSPS) is 30.6. The third kappa shape index (κ3) is 3.05. The first-order valence-corrected chi connectivity index (χ1v) is 7.87. The number of carbonyl (C=O) groups excluding carboxylic acids is 1. The van der Waals surface area contributed by atoms with E-state index in [1.54, 1.807) is 0 Å².